The fourth-order valence-electron chi connectivity index (χ4n) is 0.479. The first kappa shape index (κ1) is 12.3. The van der Waals surface area contributed by atoms with E-state index in [9.17, 15) is 0 Å². The van der Waals surface area contributed by atoms with Gasteiger partial charge in [0.15, 0.2) is 0 Å². The minimum absolute atomic E-state index is 0.196. The molecule has 0 rings (SSSR count). The zero-order chi connectivity index (χ0) is 9.28. The highest BCUT2D eigenvalue weighted by Gasteiger charge is 2.25. The molecule has 0 aromatic carbocycles. The number of rotatable bonds is 2. The van der Waals surface area contributed by atoms with Crippen LogP contribution < -0.4 is 0 Å². The monoisotopic (exact) mass is 230 g/mol. The molecule has 0 aliphatic rings. The van der Waals surface area contributed by atoms with Crippen LogP contribution in [-0.2, 0) is 11.8 Å². The summed E-state index contributed by atoms with van der Waals surface area (Å²) in [5.41, 5.74) is 0.434. The first-order chi connectivity index (χ1) is 4.65. The van der Waals surface area contributed by atoms with Crippen LogP contribution in [0.15, 0.2) is 0 Å². The van der Waals surface area contributed by atoms with Crippen molar-refractivity contribution in [3.63, 3.8) is 0 Å². The molecule has 0 saturated heterocycles. The quantitative estimate of drug-likeness (QED) is 0.642. The molecule has 11 heavy (non-hydrogen) atoms. The van der Waals surface area contributed by atoms with E-state index < -0.39 is 4.59 Å². The second-order valence-electron chi connectivity index (χ2n) is 3.82. The Labute approximate surface area is 84.0 Å². The van der Waals surface area contributed by atoms with Crippen LogP contribution in [0.4, 0.5) is 0 Å². The molecular formula is C7H16ClPS2. The van der Waals surface area contributed by atoms with Crippen LogP contribution in [0.2, 0.25) is 0 Å². The Hall–Kier alpha value is 1.29. The van der Waals surface area contributed by atoms with Crippen LogP contribution in [0.3, 0.4) is 0 Å². The van der Waals surface area contributed by atoms with E-state index >= 15 is 0 Å². The SMILES string of the molecule is CC(C)P(=S)(Cl)SC(C)(C)C. The molecule has 0 aliphatic heterocycles. The highest BCUT2D eigenvalue weighted by atomic mass is 35.7. The molecule has 0 aromatic heterocycles. The summed E-state index contributed by atoms with van der Waals surface area (Å²) in [5.74, 6) is 0. The lowest BCUT2D eigenvalue weighted by atomic mass is 10.3. The van der Waals surface area contributed by atoms with Gasteiger partial charge in [-0.25, -0.2) is 0 Å². The summed E-state index contributed by atoms with van der Waals surface area (Å²) in [6, 6.07) is 0. The van der Waals surface area contributed by atoms with Crippen LogP contribution in [0.1, 0.15) is 34.6 Å². The maximum absolute atomic E-state index is 6.24. The third-order valence-electron chi connectivity index (χ3n) is 1.02. The second-order valence-corrected chi connectivity index (χ2v) is 14.8. The minimum atomic E-state index is -1.66. The number of halogens is 1. The summed E-state index contributed by atoms with van der Waals surface area (Å²) >= 11 is 13.4. The normalized spacial score (nSPS) is 18.5. The highest BCUT2D eigenvalue weighted by Crippen LogP contribution is 2.70. The van der Waals surface area contributed by atoms with Gasteiger partial charge in [-0.05, 0) is 0 Å². The minimum Gasteiger partial charge on any atom is -0.103 e. The van der Waals surface area contributed by atoms with Gasteiger partial charge < -0.3 is 0 Å². The van der Waals surface area contributed by atoms with Gasteiger partial charge in [-0.1, -0.05) is 57.7 Å². The standard InChI is InChI=1S/C7H16ClPS2/c1-6(2)9(8,10)11-7(3,4)5/h6H,1-5H3. The molecule has 0 amide bonds. The van der Waals surface area contributed by atoms with Gasteiger partial charge in [0.05, 0.1) is 4.59 Å². The van der Waals surface area contributed by atoms with Gasteiger partial charge in [-0.15, -0.1) is 11.4 Å². The third kappa shape index (κ3) is 5.52. The molecule has 1 atom stereocenters. The molecule has 0 aromatic rings. The van der Waals surface area contributed by atoms with Crippen LogP contribution >= 0.6 is 27.2 Å². The zero-order valence-corrected chi connectivity index (χ0v) is 11.0. The van der Waals surface area contributed by atoms with Crippen molar-refractivity contribution in [2.45, 2.75) is 45.0 Å². The van der Waals surface area contributed by atoms with Crippen molar-refractivity contribution >= 4 is 39.0 Å². The molecule has 4 heteroatoms. The van der Waals surface area contributed by atoms with Crippen LogP contribution in [0, 0.1) is 0 Å². The van der Waals surface area contributed by atoms with E-state index in [0.29, 0.717) is 5.66 Å². The molecule has 0 fully saturated rings. The maximum atomic E-state index is 6.24. The fourth-order valence-corrected chi connectivity index (χ4v) is 8.19. The van der Waals surface area contributed by atoms with Crippen molar-refractivity contribution in [2.24, 2.45) is 0 Å². The summed E-state index contributed by atoms with van der Waals surface area (Å²) in [7, 11) is 0. The predicted octanol–water partition coefficient (Wildman–Crippen LogP) is 4.47. The smallest absolute Gasteiger partial charge is 0.0918 e. The molecule has 68 valence electrons. The van der Waals surface area contributed by atoms with E-state index in [4.69, 9.17) is 23.0 Å². The molecule has 0 nitrogen and oxygen atoms in total. The van der Waals surface area contributed by atoms with E-state index in [0.717, 1.165) is 0 Å². The van der Waals surface area contributed by atoms with Crippen molar-refractivity contribution in [2.75, 3.05) is 0 Å². The average Bonchev–Trinajstić information content (AvgIpc) is 1.56. The van der Waals surface area contributed by atoms with Gasteiger partial charge in [0.2, 0.25) is 0 Å². The summed E-state index contributed by atoms with van der Waals surface area (Å²) in [6.45, 7) is 10.7. The zero-order valence-electron chi connectivity index (χ0n) is 7.72. The van der Waals surface area contributed by atoms with Gasteiger partial charge >= 0.3 is 0 Å². The Morgan fingerprint density at radius 1 is 1.36 bits per heavy atom. The first-order valence-corrected chi connectivity index (χ1v) is 8.85. The average molecular weight is 231 g/mol. The molecule has 0 bridgehead atoms. The topological polar surface area (TPSA) is 0 Å². The van der Waals surface area contributed by atoms with E-state index in [-0.39, 0.29) is 4.75 Å². The largest absolute Gasteiger partial charge is 0.103 e. The maximum Gasteiger partial charge on any atom is 0.0918 e. The van der Waals surface area contributed by atoms with E-state index in [1.807, 2.05) is 0 Å². The lowest BCUT2D eigenvalue weighted by Crippen LogP contribution is -2.07. The third-order valence-corrected chi connectivity index (χ3v) is 10.4. The molecule has 1 unspecified atom stereocenters. The van der Waals surface area contributed by atoms with Gasteiger partial charge in [0.25, 0.3) is 0 Å². The summed E-state index contributed by atoms with van der Waals surface area (Å²) in [5, 5.41) is 0. The van der Waals surface area contributed by atoms with Gasteiger partial charge in [0.1, 0.15) is 0 Å². The second kappa shape index (κ2) is 4.00. The van der Waals surface area contributed by atoms with Crippen molar-refractivity contribution in [1.82, 2.24) is 0 Å². The Kier molecular flexibility index (Phi) is 4.47. The highest BCUT2D eigenvalue weighted by molar-refractivity contribution is 8.78. The summed E-state index contributed by atoms with van der Waals surface area (Å²) < 4.78 is -1.47. The van der Waals surface area contributed by atoms with E-state index in [1.54, 1.807) is 11.4 Å². The van der Waals surface area contributed by atoms with E-state index in [2.05, 4.69) is 34.6 Å². The van der Waals surface area contributed by atoms with Crippen LogP contribution in [0.5, 0.6) is 0 Å². The molecule has 0 spiro atoms. The van der Waals surface area contributed by atoms with Crippen molar-refractivity contribution in [3.05, 3.63) is 0 Å². The van der Waals surface area contributed by atoms with Gasteiger partial charge in [-0.3, -0.25) is 0 Å². The molecular weight excluding hydrogens is 215 g/mol. The fraction of sp³-hybridized carbons (Fsp3) is 1.00. The molecule has 0 heterocycles. The molecule has 0 radical (unpaired) electrons. The Balaban J connectivity index is 4.26. The summed E-state index contributed by atoms with van der Waals surface area (Å²) in [6.07, 6.45) is 0. The van der Waals surface area contributed by atoms with Crippen LogP contribution in [0.25, 0.3) is 0 Å². The Morgan fingerprint density at radius 3 is 1.82 bits per heavy atom. The predicted molar refractivity (Wildman–Crippen MR) is 62.6 cm³/mol. The van der Waals surface area contributed by atoms with Crippen molar-refractivity contribution in [3.8, 4) is 0 Å². The Morgan fingerprint density at radius 2 is 1.73 bits per heavy atom. The Bertz CT molecular complexity index is 172. The summed E-state index contributed by atoms with van der Waals surface area (Å²) in [4.78, 5) is 0. The number of hydrogen-bond donors (Lipinski definition) is 0. The van der Waals surface area contributed by atoms with Crippen molar-refractivity contribution in [1.29, 1.82) is 0 Å². The molecule has 0 N–H and O–H groups in total. The first-order valence-electron chi connectivity index (χ1n) is 3.65. The number of hydrogen-bond acceptors (Lipinski definition) is 2. The van der Waals surface area contributed by atoms with Gasteiger partial charge in [0, 0.05) is 10.4 Å². The van der Waals surface area contributed by atoms with Crippen molar-refractivity contribution < 1.29 is 0 Å². The van der Waals surface area contributed by atoms with E-state index in [1.165, 1.54) is 0 Å². The molecule has 0 aliphatic carbocycles. The molecule has 0 saturated carbocycles. The lowest BCUT2D eigenvalue weighted by Gasteiger charge is -2.26. The van der Waals surface area contributed by atoms with Crippen LogP contribution in [-0.4, -0.2) is 10.4 Å². The lowest BCUT2D eigenvalue weighted by molar-refractivity contribution is 0.810. The van der Waals surface area contributed by atoms with Gasteiger partial charge in [-0.2, -0.15) is 0 Å².